The van der Waals surface area contributed by atoms with Gasteiger partial charge in [-0.25, -0.2) is 4.98 Å². The number of methoxy groups -OCH3 is 2. The molecule has 0 unspecified atom stereocenters. The second kappa shape index (κ2) is 6.74. The largest absolute Gasteiger partial charge is 0.493 e. The van der Waals surface area contributed by atoms with Crippen molar-refractivity contribution in [3.8, 4) is 11.5 Å². The third kappa shape index (κ3) is 3.50. The molecule has 21 heavy (non-hydrogen) atoms. The molecule has 2 rings (SSSR count). The van der Waals surface area contributed by atoms with Crippen molar-refractivity contribution in [3.05, 3.63) is 35.4 Å². The molecule has 0 radical (unpaired) electrons. The van der Waals surface area contributed by atoms with Crippen LogP contribution in [0.5, 0.6) is 11.5 Å². The van der Waals surface area contributed by atoms with Gasteiger partial charge in [0.1, 0.15) is 5.82 Å². The average molecular weight is 290 g/mol. The summed E-state index contributed by atoms with van der Waals surface area (Å²) in [6.07, 6.45) is 0.704. The lowest BCUT2D eigenvalue weighted by atomic mass is 10.2. The lowest BCUT2D eigenvalue weighted by Gasteiger charge is -2.09. The van der Waals surface area contributed by atoms with Gasteiger partial charge < -0.3 is 14.8 Å². The number of nitrogens with zero attached hydrogens (tertiary/aromatic N) is 2. The number of aromatic amines is 1. The zero-order valence-corrected chi connectivity index (χ0v) is 12.3. The number of carbonyl (C=O) groups is 1. The maximum Gasteiger partial charge on any atom is 0.291 e. The minimum Gasteiger partial charge on any atom is -0.493 e. The molecule has 2 aromatic rings. The Balaban J connectivity index is 2.00. The molecule has 2 N–H and O–H groups in total. The van der Waals surface area contributed by atoms with Crippen LogP contribution in [0.2, 0.25) is 0 Å². The number of rotatable bonds is 6. The van der Waals surface area contributed by atoms with Crippen molar-refractivity contribution in [1.82, 2.24) is 20.5 Å². The maximum atomic E-state index is 11.9. The molecule has 0 saturated heterocycles. The predicted octanol–water partition coefficient (Wildman–Crippen LogP) is 1.31. The molecule has 0 bridgehead atoms. The smallest absolute Gasteiger partial charge is 0.291 e. The first-order valence-corrected chi connectivity index (χ1v) is 6.58. The Morgan fingerprint density at radius 1 is 1.29 bits per heavy atom. The van der Waals surface area contributed by atoms with E-state index in [4.69, 9.17) is 9.47 Å². The van der Waals surface area contributed by atoms with Gasteiger partial charge in [0, 0.05) is 13.0 Å². The van der Waals surface area contributed by atoms with E-state index in [9.17, 15) is 4.79 Å². The Hall–Kier alpha value is -2.57. The van der Waals surface area contributed by atoms with E-state index in [2.05, 4.69) is 20.5 Å². The highest BCUT2D eigenvalue weighted by atomic mass is 16.5. The lowest BCUT2D eigenvalue weighted by Crippen LogP contribution is -2.24. The molecule has 7 nitrogen and oxygen atoms in total. The second-order valence-corrected chi connectivity index (χ2v) is 4.33. The van der Waals surface area contributed by atoms with Gasteiger partial charge in [-0.3, -0.25) is 9.89 Å². The lowest BCUT2D eigenvalue weighted by molar-refractivity contribution is 0.0941. The van der Waals surface area contributed by atoms with Crippen molar-refractivity contribution < 1.29 is 14.3 Å². The Bertz CT molecular complexity index is 624. The quantitative estimate of drug-likeness (QED) is 0.837. The zero-order chi connectivity index (χ0) is 15.2. The maximum absolute atomic E-state index is 11.9. The van der Waals surface area contributed by atoms with Gasteiger partial charge in [-0.15, -0.1) is 5.10 Å². The van der Waals surface area contributed by atoms with Crippen molar-refractivity contribution in [1.29, 1.82) is 0 Å². The van der Waals surface area contributed by atoms with Crippen LogP contribution in [-0.2, 0) is 13.0 Å². The molecule has 7 heteroatoms. The number of aryl methyl sites for hydroxylation is 1. The third-order valence-corrected chi connectivity index (χ3v) is 2.97. The molecule has 1 aromatic carbocycles. The van der Waals surface area contributed by atoms with Crippen LogP contribution in [0.3, 0.4) is 0 Å². The minimum atomic E-state index is -0.319. The second-order valence-electron chi connectivity index (χ2n) is 4.33. The van der Waals surface area contributed by atoms with Crippen molar-refractivity contribution >= 4 is 5.91 Å². The molecule has 0 aliphatic rings. The van der Waals surface area contributed by atoms with Gasteiger partial charge >= 0.3 is 0 Å². The van der Waals surface area contributed by atoms with Crippen LogP contribution in [0.4, 0.5) is 0 Å². The van der Waals surface area contributed by atoms with Gasteiger partial charge in [0.25, 0.3) is 5.91 Å². The van der Waals surface area contributed by atoms with Crippen LogP contribution in [0.25, 0.3) is 0 Å². The Labute approximate surface area is 122 Å². The van der Waals surface area contributed by atoms with Crippen LogP contribution in [0.1, 0.15) is 28.9 Å². The molecule has 0 fully saturated rings. The van der Waals surface area contributed by atoms with Crippen LogP contribution < -0.4 is 14.8 Å². The summed E-state index contributed by atoms with van der Waals surface area (Å²) in [5.41, 5.74) is 0.896. The summed E-state index contributed by atoms with van der Waals surface area (Å²) >= 11 is 0. The van der Waals surface area contributed by atoms with E-state index in [1.165, 1.54) is 0 Å². The highest BCUT2D eigenvalue weighted by Crippen LogP contribution is 2.27. The van der Waals surface area contributed by atoms with Gasteiger partial charge in [0.2, 0.25) is 5.82 Å². The van der Waals surface area contributed by atoms with Crippen LogP contribution >= 0.6 is 0 Å². The number of amides is 1. The van der Waals surface area contributed by atoms with E-state index in [1.54, 1.807) is 20.3 Å². The first kappa shape index (κ1) is 14.8. The summed E-state index contributed by atoms with van der Waals surface area (Å²) in [5, 5.41) is 9.34. The first-order chi connectivity index (χ1) is 10.2. The van der Waals surface area contributed by atoms with Gasteiger partial charge in [-0.05, 0) is 17.7 Å². The summed E-state index contributed by atoms with van der Waals surface area (Å²) in [4.78, 5) is 16.0. The van der Waals surface area contributed by atoms with Gasteiger partial charge in [-0.1, -0.05) is 13.0 Å². The molecule has 0 saturated carbocycles. The molecule has 0 aliphatic carbocycles. The fraction of sp³-hybridized carbons (Fsp3) is 0.357. The molecule has 1 amide bonds. The molecule has 112 valence electrons. The number of aromatic nitrogens is 3. The number of hydrogen-bond donors (Lipinski definition) is 2. The number of hydrogen-bond acceptors (Lipinski definition) is 5. The van der Waals surface area contributed by atoms with Gasteiger partial charge in [-0.2, -0.15) is 0 Å². The van der Waals surface area contributed by atoms with E-state index >= 15 is 0 Å². The van der Waals surface area contributed by atoms with E-state index in [-0.39, 0.29) is 11.7 Å². The van der Waals surface area contributed by atoms with E-state index in [0.29, 0.717) is 30.3 Å². The van der Waals surface area contributed by atoms with Crippen LogP contribution in [-0.4, -0.2) is 35.3 Å². The number of carbonyl (C=O) groups excluding carboxylic acids is 1. The SMILES string of the molecule is CCc1nc(C(=O)NCc2ccc(OC)c(OC)c2)n[nH]1. The zero-order valence-electron chi connectivity index (χ0n) is 12.3. The molecular weight excluding hydrogens is 272 g/mol. The molecule has 0 aliphatic heterocycles. The summed E-state index contributed by atoms with van der Waals surface area (Å²) in [5.74, 6) is 1.78. The molecular formula is C14H18N4O3. The third-order valence-electron chi connectivity index (χ3n) is 2.97. The summed E-state index contributed by atoms with van der Waals surface area (Å²) in [7, 11) is 3.15. The molecule has 0 atom stereocenters. The summed E-state index contributed by atoms with van der Waals surface area (Å²) in [6, 6.07) is 5.47. The van der Waals surface area contributed by atoms with E-state index < -0.39 is 0 Å². The van der Waals surface area contributed by atoms with E-state index in [0.717, 1.165) is 5.56 Å². The fourth-order valence-corrected chi connectivity index (χ4v) is 1.81. The highest BCUT2D eigenvalue weighted by Gasteiger charge is 2.12. The standard InChI is InChI=1S/C14H18N4O3/c1-4-12-16-13(18-17-12)14(19)15-8-9-5-6-10(20-2)11(7-9)21-3/h5-7H,4,8H2,1-3H3,(H,15,19)(H,16,17,18). The Kier molecular flexibility index (Phi) is 4.76. The van der Waals surface area contributed by atoms with Crippen molar-refractivity contribution in [2.24, 2.45) is 0 Å². The average Bonchev–Trinajstić information content (AvgIpc) is 3.01. The minimum absolute atomic E-state index is 0.146. The number of H-pyrrole nitrogens is 1. The molecule has 0 spiro atoms. The fourth-order valence-electron chi connectivity index (χ4n) is 1.81. The topological polar surface area (TPSA) is 89.1 Å². The highest BCUT2D eigenvalue weighted by molar-refractivity contribution is 5.90. The normalized spacial score (nSPS) is 10.2. The molecule has 1 heterocycles. The first-order valence-electron chi connectivity index (χ1n) is 6.58. The number of nitrogens with one attached hydrogen (secondary N) is 2. The Morgan fingerprint density at radius 3 is 2.67 bits per heavy atom. The molecule has 1 aromatic heterocycles. The van der Waals surface area contributed by atoms with Gasteiger partial charge in [0.15, 0.2) is 11.5 Å². The van der Waals surface area contributed by atoms with Crippen LogP contribution in [0, 0.1) is 0 Å². The van der Waals surface area contributed by atoms with Crippen molar-refractivity contribution in [2.75, 3.05) is 14.2 Å². The monoisotopic (exact) mass is 290 g/mol. The number of ether oxygens (including phenoxy) is 2. The van der Waals surface area contributed by atoms with Crippen LogP contribution in [0.15, 0.2) is 18.2 Å². The predicted molar refractivity (Wildman–Crippen MR) is 76.5 cm³/mol. The van der Waals surface area contributed by atoms with E-state index in [1.807, 2.05) is 19.1 Å². The summed E-state index contributed by atoms with van der Waals surface area (Å²) in [6.45, 7) is 2.29. The van der Waals surface area contributed by atoms with Gasteiger partial charge in [0.05, 0.1) is 14.2 Å². The van der Waals surface area contributed by atoms with Crippen molar-refractivity contribution in [3.63, 3.8) is 0 Å². The Morgan fingerprint density at radius 2 is 2.05 bits per heavy atom. The summed E-state index contributed by atoms with van der Waals surface area (Å²) < 4.78 is 10.4. The van der Waals surface area contributed by atoms with Crippen molar-refractivity contribution in [2.45, 2.75) is 19.9 Å². The number of benzene rings is 1.